The topological polar surface area (TPSA) is 96.8 Å². The number of fused-ring (bicyclic) bond motifs is 2. The number of carboxylic acid groups (broad SMARTS) is 1. The van der Waals surface area contributed by atoms with Crippen molar-refractivity contribution in [2.75, 3.05) is 0 Å². The molecule has 0 aliphatic heterocycles. The third-order valence-electron chi connectivity index (χ3n) is 3.79. The van der Waals surface area contributed by atoms with E-state index in [1.54, 1.807) is 17.6 Å². The van der Waals surface area contributed by atoms with E-state index in [2.05, 4.69) is 4.98 Å². The highest BCUT2D eigenvalue weighted by Crippen LogP contribution is 2.29. The van der Waals surface area contributed by atoms with Gasteiger partial charge >= 0.3 is 5.97 Å². The van der Waals surface area contributed by atoms with E-state index in [1.165, 1.54) is 15.9 Å². The highest BCUT2D eigenvalue weighted by Gasteiger charge is 2.22. The number of imidazole rings is 1. The van der Waals surface area contributed by atoms with Crippen LogP contribution in [-0.4, -0.2) is 30.1 Å². The Morgan fingerprint density at radius 1 is 1.29 bits per heavy atom. The quantitative estimate of drug-likeness (QED) is 0.595. The third kappa shape index (κ3) is 2.08. The lowest BCUT2D eigenvalue weighted by molar-refractivity contribution is 0.0695. The number of hydrogen-bond donors (Lipinski definition) is 2. The molecule has 0 radical (unpaired) electrons. The maximum Gasteiger partial charge on any atom is 0.341 e. The van der Waals surface area contributed by atoms with Crippen LogP contribution in [-0.2, 0) is 6.54 Å². The number of carboxylic acids is 1. The van der Waals surface area contributed by atoms with E-state index < -0.39 is 17.3 Å². The van der Waals surface area contributed by atoms with Gasteiger partial charge in [0.15, 0.2) is 5.75 Å². The molecule has 0 amide bonds. The first-order valence-corrected chi connectivity index (χ1v) is 7.93. The molecule has 4 heterocycles. The Hall–Kier alpha value is -3.13. The largest absolute Gasteiger partial charge is 0.502 e. The van der Waals surface area contributed by atoms with Gasteiger partial charge in [0.05, 0.1) is 22.5 Å². The molecule has 4 aromatic rings. The van der Waals surface area contributed by atoms with E-state index in [-0.39, 0.29) is 12.1 Å². The van der Waals surface area contributed by atoms with Crippen LogP contribution in [0.4, 0.5) is 0 Å². The number of rotatable bonds is 3. The first-order chi connectivity index (χ1) is 11.6. The molecule has 0 aliphatic carbocycles. The van der Waals surface area contributed by atoms with Crippen molar-refractivity contribution in [3.8, 4) is 5.75 Å². The Balaban J connectivity index is 1.92. The molecule has 0 aliphatic rings. The molecule has 0 spiro atoms. The third-order valence-corrected chi connectivity index (χ3v) is 4.72. The van der Waals surface area contributed by atoms with Gasteiger partial charge in [0.1, 0.15) is 11.2 Å². The second-order valence-electron chi connectivity index (χ2n) is 5.25. The van der Waals surface area contributed by atoms with Crippen LogP contribution in [0.1, 0.15) is 16.1 Å². The summed E-state index contributed by atoms with van der Waals surface area (Å²) in [5.41, 5.74) is 0.760. The fourth-order valence-corrected chi connectivity index (χ4v) is 3.67. The molecular weight excluding hydrogens is 330 g/mol. The van der Waals surface area contributed by atoms with Gasteiger partial charge in [0.25, 0.3) is 5.56 Å². The fourth-order valence-electron chi connectivity index (χ4n) is 2.73. The summed E-state index contributed by atoms with van der Waals surface area (Å²) >= 11 is 1.17. The lowest BCUT2D eigenvalue weighted by atomic mass is 10.2. The zero-order valence-corrected chi connectivity index (χ0v) is 13.0. The van der Waals surface area contributed by atoms with Crippen molar-refractivity contribution in [3.63, 3.8) is 0 Å². The summed E-state index contributed by atoms with van der Waals surface area (Å²) in [6.45, 7) is 0.140. The summed E-state index contributed by atoms with van der Waals surface area (Å²) in [7, 11) is 0. The van der Waals surface area contributed by atoms with Gasteiger partial charge in [-0.15, -0.1) is 11.3 Å². The van der Waals surface area contributed by atoms with Crippen LogP contribution in [0.2, 0.25) is 0 Å². The Morgan fingerprint density at radius 3 is 2.88 bits per heavy atom. The number of hydrogen-bond acceptors (Lipinski definition) is 5. The molecule has 0 bridgehead atoms. The normalized spacial score (nSPS) is 11.3. The summed E-state index contributed by atoms with van der Waals surface area (Å²) in [5.74, 6) is -2.07. The molecule has 24 heavy (non-hydrogen) atoms. The van der Waals surface area contributed by atoms with Crippen LogP contribution in [0.15, 0.2) is 46.8 Å². The number of pyridine rings is 2. The van der Waals surface area contributed by atoms with Gasteiger partial charge in [-0.3, -0.25) is 9.36 Å². The minimum Gasteiger partial charge on any atom is -0.502 e. The summed E-state index contributed by atoms with van der Waals surface area (Å²) in [4.78, 5) is 28.2. The van der Waals surface area contributed by atoms with Crippen LogP contribution in [0.25, 0.3) is 15.9 Å². The molecule has 8 heteroatoms. The van der Waals surface area contributed by atoms with E-state index in [4.69, 9.17) is 0 Å². The molecule has 0 saturated carbocycles. The van der Waals surface area contributed by atoms with Gasteiger partial charge in [-0.1, -0.05) is 6.07 Å². The highest BCUT2D eigenvalue weighted by molar-refractivity contribution is 7.17. The first kappa shape index (κ1) is 14.5. The molecule has 0 fully saturated rings. The molecule has 0 saturated heterocycles. The van der Waals surface area contributed by atoms with Gasteiger partial charge in [0.2, 0.25) is 0 Å². The van der Waals surface area contributed by atoms with E-state index in [0.29, 0.717) is 15.9 Å². The Bertz CT molecular complexity index is 1120. The Morgan fingerprint density at radius 2 is 2.12 bits per heavy atom. The number of nitrogens with zero attached hydrogens (tertiary/aromatic N) is 3. The van der Waals surface area contributed by atoms with Crippen LogP contribution in [0, 0.1) is 0 Å². The first-order valence-electron chi connectivity index (χ1n) is 7.05. The second-order valence-corrected chi connectivity index (χ2v) is 6.17. The van der Waals surface area contributed by atoms with Gasteiger partial charge in [0, 0.05) is 12.4 Å². The molecule has 0 aromatic carbocycles. The van der Waals surface area contributed by atoms with Crippen molar-refractivity contribution < 1.29 is 15.0 Å². The predicted molar refractivity (Wildman–Crippen MR) is 89.0 cm³/mol. The molecule has 7 nitrogen and oxygen atoms in total. The van der Waals surface area contributed by atoms with Crippen LogP contribution in [0.5, 0.6) is 5.75 Å². The molecule has 4 aromatic heterocycles. The van der Waals surface area contributed by atoms with E-state index in [1.807, 2.05) is 28.8 Å². The van der Waals surface area contributed by atoms with Gasteiger partial charge < -0.3 is 14.6 Å². The van der Waals surface area contributed by atoms with Crippen molar-refractivity contribution in [3.05, 3.63) is 63.7 Å². The molecular formula is C16H11N3O4S. The van der Waals surface area contributed by atoms with Gasteiger partial charge in [-0.25, -0.2) is 9.78 Å². The number of carbonyl (C=O) groups is 1. The fraction of sp³-hybridized carbons (Fsp3) is 0.0625. The number of aromatic hydroxyl groups is 1. The van der Waals surface area contributed by atoms with Crippen molar-refractivity contribution in [2.24, 2.45) is 0 Å². The zero-order valence-electron chi connectivity index (χ0n) is 12.2. The minimum atomic E-state index is -1.32. The van der Waals surface area contributed by atoms with E-state index >= 15 is 0 Å². The van der Waals surface area contributed by atoms with E-state index in [0.717, 1.165) is 5.65 Å². The standard InChI is InChI=1S/C16H11N3O4S/c20-13-12(16(22)23)14-10(4-6-24-14)19(15(13)21)8-9-7-18-5-2-1-3-11(18)17-9/h1-7,20H,8H2,(H,22,23). The maximum atomic E-state index is 12.4. The van der Waals surface area contributed by atoms with Crippen LogP contribution >= 0.6 is 11.3 Å². The predicted octanol–water partition coefficient (Wildman–Crippen LogP) is 2.16. The summed E-state index contributed by atoms with van der Waals surface area (Å²) < 4.78 is 3.54. The summed E-state index contributed by atoms with van der Waals surface area (Å²) in [6.07, 6.45) is 3.64. The second kappa shape index (κ2) is 5.20. The van der Waals surface area contributed by atoms with Gasteiger partial charge in [-0.05, 0) is 23.6 Å². The van der Waals surface area contributed by atoms with Crippen LogP contribution < -0.4 is 5.56 Å². The van der Waals surface area contributed by atoms with E-state index in [9.17, 15) is 19.8 Å². The van der Waals surface area contributed by atoms with Crippen molar-refractivity contribution in [1.82, 2.24) is 14.0 Å². The monoisotopic (exact) mass is 341 g/mol. The van der Waals surface area contributed by atoms with Crippen molar-refractivity contribution in [1.29, 1.82) is 0 Å². The number of thiophene rings is 1. The minimum absolute atomic E-state index is 0.140. The number of aromatic nitrogens is 3. The lowest BCUT2D eigenvalue weighted by Crippen LogP contribution is -2.23. The van der Waals surface area contributed by atoms with Crippen molar-refractivity contribution in [2.45, 2.75) is 6.54 Å². The Labute approximate surface area is 138 Å². The lowest BCUT2D eigenvalue weighted by Gasteiger charge is -2.09. The zero-order chi connectivity index (χ0) is 16.8. The molecule has 0 atom stereocenters. The molecule has 4 rings (SSSR count). The maximum absolute atomic E-state index is 12.4. The Kier molecular flexibility index (Phi) is 3.14. The van der Waals surface area contributed by atoms with Gasteiger partial charge in [-0.2, -0.15) is 0 Å². The molecule has 120 valence electrons. The van der Waals surface area contributed by atoms with Crippen molar-refractivity contribution >= 4 is 33.2 Å². The SMILES string of the molecule is O=C(O)c1c(O)c(=O)n(Cc2cn3ccccc3n2)c2ccsc12. The highest BCUT2D eigenvalue weighted by atomic mass is 32.1. The summed E-state index contributed by atoms with van der Waals surface area (Å²) in [5, 5.41) is 21.0. The average molecular weight is 341 g/mol. The number of aromatic carboxylic acids is 1. The molecule has 0 unspecified atom stereocenters. The molecule has 2 N–H and O–H groups in total. The smallest absolute Gasteiger partial charge is 0.341 e. The van der Waals surface area contributed by atoms with Crippen LogP contribution in [0.3, 0.4) is 0 Å². The average Bonchev–Trinajstić information content (AvgIpc) is 3.17. The summed E-state index contributed by atoms with van der Waals surface area (Å²) in [6, 6.07) is 7.25.